The minimum atomic E-state index is 0.0627. The number of aromatic nitrogens is 2. The molecule has 0 radical (unpaired) electrons. The first kappa shape index (κ1) is 15.4. The molecule has 1 aromatic heterocycles. The van der Waals surface area contributed by atoms with Crippen molar-refractivity contribution in [2.45, 2.75) is 38.6 Å². The van der Waals surface area contributed by atoms with Crippen molar-refractivity contribution < 1.29 is 4.79 Å². The molecular formula is C19H24N4O. The first-order valence-corrected chi connectivity index (χ1v) is 8.81. The Bertz CT molecular complexity index is 756. The van der Waals surface area contributed by atoms with E-state index in [4.69, 9.17) is 5.10 Å². The molecule has 1 aliphatic heterocycles. The molecule has 1 atom stereocenters. The zero-order valence-electron chi connectivity index (χ0n) is 14.4. The molecule has 2 aliphatic rings. The smallest absolute Gasteiger partial charge is 0.274 e. The van der Waals surface area contributed by atoms with Crippen LogP contribution in [0.1, 0.15) is 40.2 Å². The van der Waals surface area contributed by atoms with Crippen LogP contribution < -0.4 is 5.32 Å². The van der Waals surface area contributed by atoms with Crippen LogP contribution in [0.3, 0.4) is 0 Å². The van der Waals surface area contributed by atoms with Crippen molar-refractivity contribution in [1.29, 1.82) is 0 Å². The van der Waals surface area contributed by atoms with E-state index in [2.05, 4.69) is 36.5 Å². The average molecular weight is 324 g/mol. The second-order valence-corrected chi connectivity index (χ2v) is 6.94. The molecule has 126 valence electrons. The van der Waals surface area contributed by atoms with E-state index >= 15 is 0 Å². The van der Waals surface area contributed by atoms with Gasteiger partial charge in [-0.3, -0.25) is 4.79 Å². The van der Waals surface area contributed by atoms with Crippen LogP contribution in [0, 0.1) is 6.92 Å². The molecule has 5 heteroatoms. The molecule has 1 saturated heterocycles. The normalized spacial score (nSPS) is 19.5. The van der Waals surface area contributed by atoms with Crippen molar-refractivity contribution in [3.8, 4) is 5.69 Å². The standard InChI is InChI=1S/C19H24N4O/c1-13-6-8-14(9-7-13)23-17-5-3-4-16(17)18(21-23)19(24)22(2)15-10-11-20-12-15/h6-9,15,20H,3-5,10-12H2,1-2H3. The Morgan fingerprint density at radius 1 is 1.29 bits per heavy atom. The number of carbonyl (C=O) groups excluding carboxylic acids is 1. The SMILES string of the molecule is Cc1ccc(-n2nc(C(=O)N(C)C3CCNC3)c3c2CCC3)cc1. The van der Waals surface area contributed by atoms with Crippen molar-refractivity contribution in [3.05, 3.63) is 46.8 Å². The molecule has 0 spiro atoms. The molecule has 0 bridgehead atoms. The molecule has 1 aliphatic carbocycles. The van der Waals surface area contributed by atoms with Crippen LogP contribution in [-0.4, -0.2) is 46.8 Å². The Morgan fingerprint density at radius 2 is 2.08 bits per heavy atom. The quantitative estimate of drug-likeness (QED) is 0.941. The summed E-state index contributed by atoms with van der Waals surface area (Å²) < 4.78 is 1.98. The maximum atomic E-state index is 13.0. The second kappa shape index (κ2) is 6.06. The third-order valence-corrected chi connectivity index (χ3v) is 5.31. The number of hydrogen-bond acceptors (Lipinski definition) is 3. The zero-order chi connectivity index (χ0) is 16.7. The topological polar surface area (TPSA) is 50.2 Å². The Hall–Kier alpha value is -2.14. The fourth-order valence-electron chi connectivity index (χ4n) is 3.81. The van der Waals surface area contributed by atoms with Crippen molar-refractivity contribution in [2.24, 2.45) is 0 Å². The Kier molecular flexibility index (Phi) is 3.88. The maximum Gasteiger partial charge on any atom is 0.274 e. The van der Waals surface area contributed by atoms with Crippen LogP contribution in [0.25, 0.3) is 5.69 Å². The van der Waals surface area contributed by atoms with Crippen molar-refractivity contribution in [2.75, 3.05) is 20.1 Å². The lowest BCUT2D eigenvalue weighted by Gasteiger charge is -2.23. The average Bonchev–Trinajstić information content (AvgIpc) is 3.31. The molecule has 4 rings (SSSR count). The number of hydrogen-bond donors (Lipinski definition) is 1. The number of likely N-dealkylation sites (N-methyl/N-ethyl adjacent to an activating group) is 1. The molecule has 1 N–H and O–H groups in total. The van der Waals surface area contributed by atoms with Crippen LogP contribution in [0.15, 0.2) is 24.3 Å². The van der Waals surface area contributed by atoms with Crippen LogP contribution in [0.4, 0.5) is 0 Å². The van der Waals surface area contributed by atoms with Crippen molar-refractivity contribution in [3.63, 3.8) is 0 Å². The number of amides is 1. The van der Waals surface area contributed by atoms with Gasteiger partial charge < -0.3 is 10.2 Å². The van der Waals surface area contributed by atoms with Crippen molar-refractivity contribution >= 4 is 5.91 Å². The molecule has 1 unspecified atom stereocenters. The first-order chi connectivity index (χ1) is 11.6. The van der Waals surface area contributed by atoms with Gasteiger partial charge in [0.15, 0.2) is 5.69 Å². The molecule has 5 nitrogen and oxygen atoms in total. The van der Waals surface area contributed by atoms with E-state index in [1.807, 2.05) is 16.6 Å². The lowest BCUT2D eigenvalue weighted by molar-refractivity contribution is 0.0736. The Labute approximate surface area is 142 Å². The highest BCUT2D eigenvalue weighted by molar-refractivity contribution is 5.94. The highest BCUT2D eigenvalue weighted by atomic mass is 16.2. The Balaban J connectivity index is 1.70. The molecule has 2 heterocycles. The molecule has 0 saturated carbocycles. The first-order valence-electron chi connectivity index (χ1n) is 8.81. The van der Waals surface area contributed by atoms with E-state index in [9.17, 15) is 4.79 Å². The predicted octanol–water partition coefficient (Wildman–Crippen LogP) is 2.10. The van der Waals surface area contributed by atoms with E-state index in [1.54, 1.807) is 0 Å². The summed E-state index contributed by atoms with van der Waals surface area (Å²) in [5.74, 6) is 0.0627. The summed E-state index contributed by atoms with van der Waals surface area (Å²) in [4.78, 5) is 14.9. The number of benzene rings is 1. The molecule has 2 aromatic rings. The van der Waals surface area contributed by atoms with Gasteiger partial charge in [-0.2, -0.15) is 5.10 Å². The summed E-state index contributed by atoms with van der Waals surface area (Å²) in [7, 11) is 1.91. The summed E-state index contributed by atoms with van der Waals surface area (Å²) in [5.41, 5.74) is 5.28. The third-order valence-electron chi connectivity index (χ3n) is 5.31. The summed E-state index contributed by atoms with van der Waals surface area (Å²) in [5, 5.41) is 8.06. The van der Waals surface area contributed by atoms with Gasteiger partial charge in [-0.15, -0.1) is 0 Å². The van der Waals surface area contributed by atoms with E-state index in [0.717, 1.165) is 50.0 Å². The van der Waals surface area contributed by atoms with E-state index < -0.39 is 0 Å². The number of rotatable bonds is 3. The molecule has 1 aromatic carbocycles. The maximum absolute atomic E-state index is 13.0. The number of carbonyl (C=O) groups is 1. The fourth-order valence-corrected chi connectivity index (χ4v) is 3.81. The van der Waals surface area contributed by atoms with Gasteiger partial charge in [0, 0.05) is 30.9 Å². The van der Waals surface area contributed by atoms with E-state index in [1.165, 1.54) is 11.3 Å². The van der Waals surface area contributed by atoms with Crippen LogP contribution >= 0.6 is 0 Å². The van der Waals surface area contributed by atoms with Gasteiger partial charge in [0.1, 0.15) is 0 Å². The van der Waals surface area contributed by atoms with E-state index in [-0.39, 0.29) is 11.9 Å². The van der Waals surface area contributed by atoms with Gasteiger partial charge in [-0.25, -0.2) is 4.68 Å². The summed E-state index contributed by atoms with van der Waals surface area (Å²) in [6.07, 6.45) is 4.08. The Morgan fingerprint density at radius 3 is 2.79 bits per heavy atom. The number of fused-ring (bicyclic) bond motifs is 1. The minimum Gasteiger partial charge on any atom is -0.336 e. The van der Waals surface area contributed by atoms with Gasteiger partial charge in [0.25, 0.3) is 5.91 Å². The second-order valence-electron chi connectivity index (χ2n) is 6.94. The lowest BCUT2D eigenvalue weighted by Crippen LogP contribution is -2.39. The summed E-state index contributed by atoms with van der Waals surface area (Å²) in [6.45, 7) is 3.94. The van der Waals surface area contributed by atoms with Gasteiger partial charge >= 0.3 is 0 Å². The molecule has 1 amide bonds. The van der Waals surface area contributed by atoms with Gasteiger partial charge in [0.05, 0.1) is 5.69 Å². The van der Waals surface area contributed by atoms with Gasteiger partial charge in [0.2, 0.25) is 0 Å². The molecule has 1 fully saturated rings. The third kappa shape index (κ3) is 2.53. The minimum absolute atomic E-state index is 0.0627. The largest absolute Gasteiger partial charge is 0.336 e. The molecular weight excluding hydrogens is 300 g/mol. The molecule has 24 heavy (non-hydrogen) atoms. The van der Waals surface area contributed by atoms with Gasteiger partial charge in [-0.1, -0.05) is 17.7 Å². The van der Waals surface area contributed by atoms with Crippen LogP contribution in [0.5, 0.6) is 0 Å². The van der Waals surface area contributed by atoms with Gasteiger partial charge in [-0.05, 0) is 51.3 Å². The highest BCUT2D eigenvalue weighted by Gasteiger charge is 2.31. The number of aryl methyl sites for hydroxylation is 1. The number of nitrogens with one attached hydrogen (secondary N) is 1. The number of nitrogens with zero attached hydrogens (tertiary/aromatic N) is 3. The predicted molar refractivity (Wildman–Crippen MR) is 93.7 cm³/mol. The summed E-state index contributed by atoms with van der Waals surface area (Å²) in [6, 6.07) is 8.63. The van der Waals surface area contributed by atoms with Crippen molar-refractivity contribution in [1.82, 2.24) is 20.0 Å². The van der Waals surface area contributed by atoms with E-state index in [0.29, 0.717) is 5.69 Å². The monoisotopic (exact) mass is 324 g/mol. The lowest BCUT2D eigenvalue weighted by atomic mass is 10.1. The fraction of sp³-hybridized carbons (Fsp3) is 0.474. The van der Waals surface area contributed by atoms with Crippen LogP contribution in [-0.2, 0) is 12.8 Å². The zero-order valence-corrected chi connectivity index (χ0v) is 14.4. The highest BCUT2D eigenvalue weighted by Crippen LogP contribution is 2.29. The van der Waals surface area contributed by atoms with Crippen LogP contribution in [0.2, 0.25) is 0 Å². The summed E-state index contributed by atoms with van der Waals surface area (Å²) >= 11 is 0.